The Morgan fingerprint density at radius 3 is 2.61 bits per heavy atom. The number of carbonyl (C=O) groups excluding carboxylic acids is 3. The highest BCUT2D eigenvalue weighted by Gasteiger charge is 2.61. The van der Waals surface area contributed by atoms with Crippen LogP contribution in [0.25, 0.3) is 0 Å². The minimum absolute atomic E-state index is 0.0679. The topological polar surface area (TPSA) is 132 Å². The number of allylic oxidation sites excluding steroid dienone is 1. The Hall–Kier alpha value is -3.08. The average Bonchev–Trinajstić information content (AvgIpc) is 3.06. The van der Waals surface area contributed by atoms with E-state index >= 15 is 0 Å². The second kappa shape index (κ2) is 8.22. The number of nitrogens with one attached hydrogen (secondary N) is 1. The molecule has 4 aliphatic rings. The molecule has 1 atom stereocenters. The lowest BCUT2D eigenvalue weighted by molar-refractivity contribution is -0.143. The van der Waals surface area contributed by atoms with Gasteiger partial charge in [0.2, 0.25) is 17.5 Å². The Kier molecular flexibility index (Phi) is 5.61. The number of ketones is 1. The minimum Gasteiger partial charge on any atom is -0.460 e. The number of amides is 1. The van der Waals surface area contributed by atoms with Crippen LogP contribution < -0.4 is 11.1 Å². The van der Waals surface area contributed by atoms with Crippen LogP contribution in [0.2, 0.25) is 0 Å². The molecule has 1 unspecified atom stereocenters. The first-order valence-corrected chi connectivity index (χ1v) is 11.0. The maximum atomic E-state index is 13.9. The van der Waals surface area contributed by atoms with Crippen LogP contribution in [0.1, 0.15) is 64.7 Å². The highest BCUT2D eigenvalue weighted by atomic mass is 16.6. The van der Waals surface area contributed by atoms with Gasteiger partial charge in [0.1, 0.15) is 17.1 Å². The highest BCUT2D eigenvalue weighted by molar-refractivity contribution is 6.14. The van der Waals surface area contributed by atoms with E-state index in [1.54, 1.807) is 6.92 Å². The molecule has 0 aromatic carbocycles. The van der Waals surface area contributed by atoms with Gasteiger partial charge in [0.25, 0.3) is 0 Å². The molecule has 2 heterocycles. The average molecular weight is 425 g/mol. The lowest BCUT2D eigenvalue weighted by atomic mass is 9.62. The molecule has 4 rings (SSSR count). The maximum Gasteiger partial charge on any atom is 0.374 e. The van der Waals surface area contributed by atoms with Gasteiger partial charge in [-0.25, -0.2) is 4.79 Å². The van der Waals surface area contributed by atoms with E-state index in [0.29, 0.717) is 31.3 Å². The van der Waals surface area contributed by atoms with Gasteiger partial charge in [-0.05, 0) is 51.0 Å². The number of esters is 1. The molecule has 1 fully saturated rings. The van der Waals surface area contributed by atoms with Crippen molar-refractivity contribution in [3.8, 4) is 6.07 Å². The van der Waals surface area contributed by atoms with Gasteiger partial charge in [-0.3, -0.25) is 9.59 Å². The summed E-state index contributed by atoms with van der Waals surface area (Å²) in [5.41, 5.74) is 5.53. The van der Waals surface area contributed by atoms with Gasteiger partial charge >= 0.3 is 5.97 Å². The van der Waals surface area contributed by atoms with Gasteiger partial charge in [0, 0.05) is 11.6 Å². The van der Waals surface area contributed by atoms with E-state index in [-0.39, 0.29) is 41.1 Å². The normalized spacial score (nSPS) is 26.4. The number of Topliss-reactive ketones (excluding diaryl/α,β-unsaturated/α-hetero) is 1. The van der Waals surface area contributed by atoms with Gasteiger partial charge in [-0.1, -0.05) is 19.3 Å². The Morgan fingerprint density at radius 2 is 1.94 bits per heavy atom. The third-order valence-electron chi connectivity index (χ3n) is 6.76. The number of rotatable bonds is 4. The van der Waals surface area contributed by atoms with Crippen molar-refractivity contribution in [2.75, 3.05) is 6.61 Å². The lowest BCUT2D eigenvalue weighted by Crippen LogP contribution is -2.47. The predicted molar refractivity (Wildman–Crippen MR) is 109 cm³/mol. The van der Waals surface area contributed by atoms with Crippen LogP contribution in [0, 0.1) is 22.7 Å². The standard InChI is InChI=1S/C23H27N3O5/c1-2-30-21(28)19-17(18(27)13-8-4-3-5-9-13)23(15(12-24)20(25)31-19)14-10-6-7-11-16(14)26-22(23)29/h13H,2-11,25H2,1H3,(H,26,29). The Bertz CT molecular complexity index is 978. The molecule has 0 radical (unpaired) electrons. The largest absolute Gasteiger partial charge is 0.460 e. The van der Waals surface area contributed by atoms with Gasteiger partial charge < -0.3 is 20.5 Å². The fraction of sp³-hybridized carbons (Fsp3) is 0.565. The summed E-state index contributed by atoms with van der Waals surface area (Å²) in [6.45, 7) is 1.71. The van der Waals surface area contributed by atoms with Gasteiger partial charge in [-0.15, -0.1) is 0 Å². The van der Waals surface area contributed by atoms with Crippen molar-refractivity contribution < 1.29 is 23.9 Å². The number of ether oxygens (including phenoxy) is 2. The monoisotopic (exact) mass is 425 g/mol. The van der Waals surface area contributed by atoms with Crippen LogP contribution in [-0.4, -0.2) is 24.3 Å². The molecule has 1 amide bonds. The molecule has 164 valence electrons. The third kappa shape index (κ3) is 3.14. The molecule has 0 aromatic rings. The summed E-state index contributed by atoms with van der Waals surface area (Å²) in [6, 6.07) is 2.03. The fourth-order valence-electron chi connectivity index (χ4n) is 5.39. The van der Waals surface area contributed by atoms with Gasteiger partial charge in [-0.2, -0.15) is 5.26 Å². The van der Waals surface area contributed by atoms with E-state index in [1.807, 2.05) is 6.07 Å². The van der Waals surface area contributed by atoms with Crippen molar-refractivity contribution in [2.45, 2.75) is 64.7 Å². The lowest BCUT2D eigenvalue weighted by Gasteiger charge is -2.38. The van der Waals surface area contributed by atoms with Crippen molar-refractivity contribution in [1.29, 1.82) is 5.26 Å². The number of nitrogens with zero attached hydrogens (tertiary/aromatic N) is 1. The molecule has 2 aliphatic heterocycles. The van der Waals surface area contributed by atoms with Crippen LogP contribution in [0.15, 0.2) is 34.1 Å². The van der Waals surface area contributed by atoms with E-state index in [4.69, 9.17) is 15.2 Å². The van der Waals surface area contributed by atoms with Crippen LogP contribution in [0.4, 0.5) is 0 Å². The summed E-state index contributed by atoms with van der Waals surface area (Å²) in [4.78, 5) is 40.3. The zero-order chi connectivity index (χ0) is 22.2. The smallest absolute Gasteiger partial charge is 0.374 e. The molecule has 0 saturated heterocycles. The van der Waals surface area contributed by atoms with E-state index in [0.717, 1.165) is 37.8 Å². The molecule has 1 spiro atoms. The van der Waals surface area contributed by atoms with Crippen LogP contribution >= 0.6 is 0 Å². The molecule has 8 nitrogen and oxygen atoms in total. The molecule has 3 N–H and O–H groups in total. The van der Waals surface area contributed by atoms with Crippen molar-refractivity contribution in [3.05, 3.63) is 34.1 Å². The molecular formula is C23H27N3O5. The first-order chi connectivity index (χ1) is 15.0. The maximum absolute atomic E-state index is 13.9. The van der Waals surface area contributed by atoms with E-state index < -0.39 is 17.3 Å². The number of carbonyl (C=O) groups is 3. The number of hydrogen-bond donors (Lipinski definition) is 2. The van der Waals surface area contributed by atoms with Crippen molar-refractivity contribution >= 4 is 17.7 Å². The SMILES string of the molecule is CCOC(=O)C1=C(C(=O)C2CCCCC2)C2(C(=O)NC3=C2CCCC3)C(C#N)=C(N)O1. The minimum atomic E-state index is -1.72. The second-order valence-electron chi connectivity index (χ2n) is 8.45. The van der Waals surface area contributed by atoms with Gasteiger partial charge in [0.05, 0.1) is 12.2 Å². The fourth-order valence-corrected chi connectivity index (χ4v) is 5.39. The summed E-state index contributed by atoms with van der Waals surface area (Å²) < 4.78 is 10.7. The first kappa shape index (κ1) is 21.2. The quantitative estimate of drug-likeness (QED) is 0.662. The van der Waals surface area contributed by atoms with Crippen molar-refractivity contribution in [2.24, 2.45) is 17.1 Å². The third-order valence-corrected chi connectivity index (χ3v) is 6.76. The molecule has 0 bridgehead atoms. The summed E-state index contributed by atoms with van der Waals surface area (Å²) in [5, 5.41) is 12.9. The molecule has 1 saturated carbocycles. The first-order valence-electron chi connectivity index (χ1n) is 11.0. The number of fused-ring (bicyclic) bond motifs is 1. The van der Waals surface area contributed by atoms with Crippen LogP contribution in [0.5, 0.6) is 0 Å². The van der Waals surface area contributed by atoms with E-state index in [1.165, 1.54) is 0 Å². The molecule has 0 aromatic heterocycles. The summed E-state index contributed by atoms with van der Waals surface area (Å²) in [5.74, 6) is -2.71. The van der Waals surface area contributed by atoms with Gasteiger partial charge in [0.15, 0.2) is 5.78 Å². The van der Waals surface area contributed by atoms with Crippen LogP contribution in [0.3, 0.4) is 0 Å². The molecular weight excluding hydrogens is 398 g/mol. The Balaban J connectivity index is 1.99. The van der Waals surface area contributed by atoms with E-state index in [2.05, 4.69) is 5.32 Å². The Morgan fingerprint density at radius 1 is 1.23 bits per heavy atom. The number of nitrogens with two attached hydrogens (primary N) is 1. The molecule has 2 aliphatic carbocycles. The second-order valence-corrected chi connectivity index (χ2v) is 8.45. The predicted octanol–water partition coefficient (Wildman–Crippen LogP) is 2.62. The van der Waals surface area contributed by atoms with Crippen molar-refractivity contribution in [1.82, 2.24) is 5.32 Å². The van der Waals surface area contributed by atoms with Crippen LogP contribution in [-0.2, 0) is 23.9 Å². The summed E-state index contributed by atoms with van der Waals surface area (Å²) in [6.07, 6.45) is 7.06. The summed E-state index contributed by atoms with van der Waals surface area (Å²) in [7, 11) is 0. The zero-order valence-corrected chi connectivity index (χ0v) is 17.7. The van der Waals surface area contributed by atoms with Crippen molar-refractivity contribution in [3.63, 3.8) is 0 Å². The number of hydrogen-bond acceptors (Lipinski definition) is 7. The number of nitriles is 1. The molecule has 8 heteroatoms. The molecule has 31 heavy (non-hydrogen) atoms. The zero-order valence-electron chi connectivity index (χ0n) is 17.7. The highest BCUT2D eigenvalue weighted by Crippen LogP contribution is 2.56. The summed E-state index contributed by atoms with van der Waals surface area (Å²) >= 11 is 0. The Labute approximate surface area is 181 Å². The van der Waals surface area contributed by atoms with E-state index in [9.17, 15) is 19.6 Å².